The van der Waals surface area contributed by atoms with Crippen LogP contribution in [0, 0.1) is 0 Å². The Morgan fingerprint density at radius 3 is 2.23 bits per heavy atom. The molecule has 0 radical (unpaired) electrons. The van der Waals surface area contributed by atoms with Crippen molar-refractivity contribution in [3.05, 3.63) is 58.1 Å². The molecule has 3 rings (SSSR count). The zero-order chi connectivity index (χ0) is 22.4. The summed E-state index contributed by atoms with van der Waals surface area (Å²) < 4.78 is 32.1. The van der Waals surface area contributed by atoms with Crippen LogP contribution in [-0.4, -0.2) is 44.3 Å². The van der Waals surface area contributed by atoms with Gasteiger partial charge in [0.05, 0.1) is 21.2 Å². The van der Waals surface area contributed by atoms with Gasteiger partial charge in [-0.25, -0.2) is 13.2 Å². The summed E-state index contributed by atoms with van der Waals surface area (Å²) in [6.07, 6.45) is 3.73. The summed E-state index contributed by atoms with van der Waals surface area (Å²) in [7, 11) is -3.60. The van der Waals surface area contributed by atoms with Crippen LogP contribution < -0.4 is 5.32 Å². The molecule has 0 atom stereocenters. The molecule has 1 N–H and O–H groups in total. The quantitative estimate of drug-likeness (QED) is 0.614. The van der Waals surface area contributed by atoms with Crippen molar-refractivity contribution in [2.45, 2.75) is 30.6 Å². The van der Waals surface area contributed by atoms with Gasteiger partial charge in [-0.15, -0.1) is 0 Å². The van der Waals surface area contributed by atoms with Crippen LogP contribution in [0.25, 0.3) is 0 Å². The Kier molecular flexibility index (Phi) is 7.94. The zero-order valence-corrected chi connectivity index (χ0v) is 19.0. The van der Waals surface area contributed by atoms with Crippen molar-refractivity contribution in [1.29, 1.82) is 0 Å². The third-order valence-corrected chi connectivity index (χ3v) is 7.29. The smallest absolute Gasteiger partial charge is 0.338 e. The topological polar surface area (TPSA) is 92.8 Å². The van der Waals surface area contributed by atoms with E-state index in [4.69, 9.17) is 27.9 Å². The minimum Gasteiger partial charge on any atom is -0.452 e. The van der Waals surface area contributed by atoms with Gasteiger partial charge in [-0.3, -0.25) is 4.79 Å². The van der Waals surface area contributed by atoms with Gasteiger partial charge < -0.3 is 10.1 Å². The van der Waals surface area contributed by atoms with Gasteiger partial charge in [-0.2, -0.15) is 4.31 Å². The molecule has 1 fully saturated rings. The molecule has 0 aromatic heterocycles. The number of amides is 1. The SMILES string of the molecule is O=C(COC(=O)c1ccc(S(=O)(=O)N2CCCCCC2)cc1)Nc1ccc(Cl)cc1Cl. The predicted octanol–water partition coefficient (Wildman–Crippen LogP) is 4.35. The number of ether oxygens (including phenoxy) is 1. The number of anilines is 1. The largest absolute Gasteiger partial charge is 0.452 e. The highest BCUT2D eigenvalue weighted by atomic mass is 35.5. The molecule has 10 heteroatoms. The summed E-state index contributed by atoms with van der Waals surface area (Å²) in [5, 5.41) is 3.21. The van der Waals surface area contributed by atoms with E-state index < -0.39 is 28.5 Å². The molecule has 166 valence electrons. The number of esters is 1. The number of carbonyl (C=O) groups is 2. The third kappa shape index (κ3) is 6.20. The van der Waals surface area contributed by atoms with E-state index in [2.05, 4.69) is 5.32 Å². The van der Waals surface area contributed by atoms with E-state index in [0.29, 0.717) is 23.8 Å². The first-order valence-corrected chi connectivity index (χ1v) is 12.0. The second kappa shape index (κ2) is 10.5. The van der Waals surface area contributed by atoms with Crippen LogP contribution in [0.1, 0.15) is 36.0 Å². The standard InChI is InChI=1S/C21H22Cl2N2O5S/c22-16-7-10-19(18(23)13-16)24-20(26)14-30-21(27)15-5-8-17(9-6-15)31(28,29)25-11-3-1-2-4-12-25/h5-10,13H,1-4,11-12,14H2,(H,24,26). The average molecular weight is 485 g/mol. The molecule has 2 aromatic carbocycles. The van der Waals surface area contributed by atoms with Crippen molar-refractivity contribution in [3.63, 3.8) is 0 Å². The Morgan fingerprint density at radius 1 is 0.968 bits per heavy atom. The lowest BCUT2D eigenvalue weighted by Gasteiger charge is -2.20. The van der Waals surface area contributed by atoms with E-state index in [0.717, 1.165) is 25.7 Å². The Labute approximate surface area is 191 Å². The van der Waals surface area contributed by atoms with Crippen molar-refractivity contribution in [3.8, 4) is 0 Å². The summed E-state index contributed by atoms with van der Waals surface area (Å²) in [6.45, 7) is 0.476. The zero-order valence-electron chi connectivity index (χ0n) is 16.6. The molecular weight excluding hydrogens is 463 g/mol. The fraction of sp³-hybridized carbons (Fsp3) is 0.333. The summed E-state index contributed by atoms with van der Waals surface area (Å²) in [5.74, 6) is -1.31. The number of halogens is 2. The number of hydrogen-bond acceptors (Lipinski definition) is 5. The minimum atomic E-state index is -3.60. The predicted molar refractivity (Wildman–Crippen MR) is 119 cm³/mol. The first kappa shape index (κ1) is 23.5. The van der Waals surface area contributed by atoms with E-state index in [1.807, 2.05) is 0 Å². The number of rotatable bonds is 6. The number of hydrogen-bond donors (Lipinski definition) is 1. The van der Waals surface area contributed by atoms with E-state index in [9.17, 15) is 18.0 Å². The molecule has 0 unspecified atom stereocenters. The molecule has 1 heterocycles. The molecule has 1 aliphatic rings. The van der Waals surface area contributed by atoms with Gasteiger partial charge >= 0.3 is 5.97 Å². The molecule has 1 saturated heterocycles. The highest BCUT2D eigenvalue weighted by molar-refractivity contribution is 7.89. The fourth-order valence-corrected chi connectivity index (χ4v) is 5.16. The molecule has 0 bridgehead atoms. The van der Waals surface area contributed by atoms with Crippen molar-refractivity contribution >= 4 is 50.8 Å². The third-order valence-electron chi connectivity index (χ3n) is 4.83. The summed E-state index contributed by atoms with van der Waals surface area (Å²) in [5.41, 5.74) is 0.488. The van der Waals surface area contributed by atoms with Crippen LogP contribution in [0.5, 0.6) is 0 Å². The molecule has 1 amide bonds. The highest BCUT2D eigenvalue weighted by Crippen LogP contribution is 2.25. The maximum Gasteiger partial charge on any atom is 0.338 e. The van der Waals surface area contributed by atoms with Gasteiger partial charge in [0.1, 0.15) is 0 Å². The monoisotopic (exact) mass is 484 g/mol. The molecule has 31 heavy (non-hydrogen) atoms. The number of carbonyl (C=O) groups excluding carboxylic acids is 2. The normalized spacial score (nSPS) is 15.2. The van der Waals surface area contributed by atoms with E-state index in [1.165, 1.54) is 40.7 Å². The second-order valence-electron chi connectivity index (χ2n) is 7.09. The van der Waals surface area contributed by atoms with Crippen LogP contribution in [0.2, 0.25) is 10.0 Å². The van der Waals surface area contributed by atoms with Crippen LogP contribution in [0.3, 0.4) is 0 Å². The summed E-state index contributed by atoms with van der Waals surface area (Å²) >= 11 is 11.8. The molecule has 0 aliphatic carbocycles. The van der Waals surface area contributed by atoms with Crippen molar-refractivity contribution in [2.75, 3.05) is 25.0 Å². The van der Waals surface area contributed by atoms with Gasteiger partial charge in [0, 0.05) is 18.1 Å². The highest BCUT2D eigenvalue weighted by Gasteiger charge is 2.25. The average Bonchev–Trinajstić information content (AvgIpc) is 3.04. The van der Waals surface area contributed by atoms with Gasteiger partial charge in [0.2, 0.25) is 10.0 Å². The van der Waals surface area contributed by atoms with Crippen LogP contribution >= 0.6 is 23.2 Å². The number of sulfonamides is 1. The number of nitrogens with one attached hydrogen (secondary N) is 1. The first-order valence-electron chi connectivity index (χ1n) is 9.79. The lowest BCUT2D eigenvalue weighted by molar-refractivity contribution is -0.119. The maximum atomic E-state index is 12.8. The van der Waals surface area contributed by atoms with Gasteiger partial charge in [-0.05, 0) is 55.3 Å². The lowest BCUT2D eigenvalue weighted by atomic mass is 10.2. The molecule has 0 saturated carbocycles. The first-order chi connectivity index (χ1) is 14.8. The number of nitrogens with zero attached hydrogens (tertiary/aromatic N) is 1. The molecule has 7 nitrogen and oxygen atoms in total. The van der Waals surface area contributed by atoms with Gasteiger partial charge in [0.15, 0.2) is 6.61 Å². The lowest BCUT2D eigenvalue weighted by Crippen LogP contribution is -2.31. The Balaban J connectivity index is 1.58. The summed E-state index contributed by atoms with van der Waals surface area (Å²) in [4.78, 5) is 24.4. The van der Waals surface area contributed by atoms with E-state index in [1.54, 1.807) is 6.07 Å². The molecule has 2 aromatic rings. The molecule has 0 spiro atoms. The molecule has 1 aliphatic heterocycles. The maximum absolute atomic E-state index is 12.8. The Hall–Kier alpha value is -2.13. The van der Waals surface area contributed by atoms with Crippen LogP contribution in [-0.2, 0) is 19.6 Å². The fourth-order valence-electron chi connectivity index (χ4n) is 3.19. The van der Waals surface area contributed by atoms with Crippen molar-refractivity contribution < 1.29 is 22.7 Å². The second-order valence-corrected chi connectivity index (χ2v) is 9.87. The van der Waals surface area contributed by atoms with Gasteiger partial charge in [0.25, 0.3) is 5.91 Å². The Morgan fingerprint density at radius 2 is 1.61 bits per heavy atom. The minimum absolute atomic E-state index is 0.126. The van der Waals surface area contributed by atoms with Crippen molar-refractivity contribution in [1.82, 2.24) is 4.31 Å². The van der Waals surface area contributed by atoms with Gasteiger partial charge in [-0.1, -0.05) is 36.0 Å². The van der Waals surface area contributed by atoms with Crippen molar-refractivity contribution in [2.24, 2.45) is 0 Å². The van der Waals surface area contributed by atoms with Crippen LogP contribution in [0.4, 0.5) is 5.69 Å². The Bertz CT molecular complexity index is 1050. The van der Waals surface area contributed by atoms with E-state index in [-0.39, 0.29) is 15.5 Å². The van der Waals surface area contributed by atoms with Crippen LogP contribution in [0.15, 0.2) is 47.4 Å². The summed E-state index contributed by atoms with van der Waals surface area (Å²) in [6, 6.07) is 10.1. The van der Waals surface area contributed by atoms with E-state index >= 15 is 0 Å². The number of benzene rings is 2. The molecular formula is C21H22Cl2N2O5S.